The number of aryl methyl sites for hydroxylation is 1. The van der Waals surface area contributed by atoms with Gasteiger partial charge in [0.25, 0.3) is 5.91 Å². The molecule has 1 saturated heterocycles. The third kappa shape index (κ3) is 4.66. The monoisotopic (exact) mass is 436 g/mol. The number of thiophene rings is 1. The third-order valence-electron chi connectivity index (χ3n) is 5.81. The zero-order valence-corrected chi connectivity index (χ0v) is 19.0. The lowest BCUT2D eigenvalue weighted by Crippen LogP contribution is -2.39. The Morgan fingerprint density at radius 3 is 2.39 bits per heavy atom. The molecule has 1 amide bonds. The van der Waals surface area contributed by atoms with E-state index in [0.717, 1.165) is 23.8 Å². The minimum Gasteiger partial charge on any atom is -0.497 e. The van der Waals surface area contributed by atoms with Gasteiger partial charge in [-0.3, -0.25) is 9.69 Å². The Kier molecular flexibility index (Phi) is 6.70. The van der Waals surface area contributed by atoms with Crippen molar-refractivity contribution in [3.8, 4) is 5.75 Å². The van der Waals surface area contributed by atoms with Gasteiger partial charge in [0.2, 0.25) is 0 Å². The van der Waals surface area contributed by atoms with Gasteiger partial charge in [-0.1, -0.05) is 30.3 Å². The summed E-state index contributed by atoms with van der Waals surface area (Å²) in [5, 5.41) is 4.11. The van der Waals surface area contributed by atoms with Crippen LogP contribution in [-0.4, -0.2) is 44.2 Å². The molecule has 162 valence electrons. The number of ether oxygens (including phenoxy) is 2. The maximum Gasteiger partial charge on any atom is 0.256 e. The van der Waals surface area contributed by atoms with E-state index in [1.165, 1.54) is 21.6 Å². The van der Waals surface area contributed by atoms with Crippen molar-refractivity contribution in [1.82, 2.24) is 4.90 Å². The average molecular weight is 437 g/mol. The highest BCUT2D eigenvalue weighted by molar-refractivity contribution is 7.16. The first kappa shape index (κ1) is 21.6. The van der Waals surface area contributed by atoms with Crippen LogP contribution in [0.1, 0.15) is 38.0 Å². The van der Waals surface area contributed by atoms with Gasteiger partial charge in [-0.15, -0.1) is 11.3 Å². The average Bonchev–Trinajstić information content (AvgIpc) is 3.09. The van der Waals surface area contributed by atoms with Crippen LogP contribution in [0.2, 0.25) is 0 Å². The summed E-state index contributed by atoms with van der Waals surface area (Å²) in [6.45, 7) is 7.37. The van der Waals surface area contributed by atoms with Crippen LogP contribution in [0.4, 0.5) is 5.00 Å². The quantitative estimate of drug-likeness (QED) is 0.588. The van der Waals surface area contributed by atoms with Crippen molar-refractivity contribution in [2.75, 3.05) is 38.7 Å². The van der Waals surface area contributed by atoms with Gasteiger partial charge < -0.3 is 14.8 Å². The maximum absolute atomic E-state index is 13.0. The third-order valence-corrected chi connectivity index (χ3v) is 6.95. The molecule has 31 heavy (non-hydrogen) atoms. The molecule has 5 nitrogen and oxygen atoms in total. The molecule has 1 aromatic heterocycles. The number of morpholine rings is 1. The summed E-state index contributed by atoms with van der Waals surface area (Å²) >= 11 is 1.64. The van der Waals surface area contributed by atoms with E-state index in [2.05, 4.69) is 36.2 Å². The molecule has 1 aliphatic heterocycles. The molecule has 4 rings (SSSR count). The summed E-state index contributed by atoms with van der Waals surface area (Å²) in [5.74, 6) is 0.749. The van der Waals surface area contributed by atoms with Crippen LogP contribution in [0.5, 0.6) is 5.75 Å². The van der Waals surface area contributed by atoms with Crippen molar-refractivity contribution < 1.29 is 14.3 Å². The first-order chi connectivity index (χ1) is 15.1. The van der Waals surface area contributed by atoms with Crippen molar-refractivity contribution >= 4 is 22.2 Å². The van der Waals surface area contributed by atoms with Crippen LogP contribution < -0.4 is 10.1 Å². The normalized spacial score (nSPS) is 15.5. The van der Waals surface area contributed by atoms with E-state index in [1.54, 1.807) is 18.4 Å². The largest absolute Gasteiger partial charge is 0.497 e. The van der Waals surface area contributed by atoms with Gasteiger partial charge in [0.05, 0.1) is 26.4 Å². The number of carbonyl (C=O) groups excluding carboxylic acids is 1. The van der Waals surface area contributed by atoms with Gasteiger partial charge in [-0.25, -0.2) is 0 Å². The fourth-order valence-electron chi connectivity index (χ4n) is 4.01. The van der Waals surface area contributed by atoms with Crippen LogP contribution in [-0.2, 0) is 4.74 Å². The zero-order chi connectivity index (χ0) is 21.8. The van der Waals surface area contributed by atoms with Crippen LogP contribution >= 0.6 is 11.3 Å². The molecule has 0 saturated carbocycles. The van der Waals surface area contributed by atoms with Crippen LogP contribution in [0.3, 0.4) is 0 Å². The van der Waals surface area contributed by atoms with Crippen LogP contribution in [0, 0.1) is 13.8 Å². The molecule has 1 unspecified atom stereocenters. The van der Waals surface area contributed by atoms with E-state index in [-0.39, 0.29) is 11.9 Å². The minimum absolute atomic E-state index is 0.0332. The standard InChI is InChI=1S/C25H28N2O3S/c1-17-18(2)31-25(26-24(28)20-7-5-4-6-8-20)22(17)23(27-13-15-30-16-14-27)19-9-11-21(29-3)12-10-19/h4-12,23H,13-16H2,1-3H3,(H,26,28). The van der Waals surface area contributed by atoms with E-state index in [4.69, 9.17) is 9.47 Å². The van der Waals surface area contributed by atoms with Crippen molar-refractivity contribution in [3.05, 3.63) is 81.7 Å². The van der Waals surface area contributed by atoms with Crippen molar-refractivity contribution in [2.45, 2.75) is 19.9 Å². The highest BCUT2D eigenvalue weighted by Gasteiger charge is 2.30. The molecule has 2 aromatic carbocycles. The molecule has 1 aliphatic rings. The Morgan fingerprint density at radius 2 is 1.74 bits per heavy atom. The first-order valence-corrected chi connectivity index (χ1v) is 11.3. The highest BCUT2D eigenvalue weighted by atomic mass is 32.1. The van der Waals surface area contributed by atoms with E-state index in [1.807, 2.05) is 42.5 Å². The Bertz CT molecular complexity index is 1020. The lowest BCUT2D eigenvalue weighted by atomic mass is 9.94. The molecule has 3 aromatic rings. The number of methoxy groups -OCH3 is 1. The number of anilines is 1. The molecule has 1 N–H and O–H groups in total. The number of nitrogens with zero attached hydrogens (tertiary/aromatic N) is 1. The molecule has 0 aliphatic carbocycles. The Morgan fingerprint density at radius 1 is 1.06 bits per heavy atom. The number of benzene rings is 2. The summed E-state index contributed by atoms with van der Waals surface area (Å²) in [6, 6.07) is 17.6. The van der Waals surface area contributed by atoms with E-state index in [0.29, 0.717) is 18.8 Å². The Hall–Kier alpha value is -2.67. The number of amides is 1. The van der Waals surface area contributed by atoms with Crippen LogP contribution in [0.25, 0.3) is 0 Å². The van der Waals surface area contributed by atoms with Gasteiger partial charge in [0, 0.05) is 29.1 Å². The van der Waals surface area contributed by atoms with Gasteiger partial charge in [0.15, 0.2) is 0 Å². The summed E-state index contributed by atoms with van der Waals surface area (Å²) in [6.07, 6.45) is 0. The fraction of sp³-hybridized carbons (Fsp3) is 0.320. The van der Waals surface area contributed by atoms with Gasteiger partial charge in [-0.05, 0) is 49.2 Å². The molecule has 6 heteroatoms. The molecule has 0 radical (unpaired) electrons. The topological polar surface area (TPSA) is 50.8 Å². The van der Waals surface area contributed by atoms with Gasteiger partial charge in [0.1, 0.15) is 10.8 Å². The predicted molar refractivity (Wildman–Crippen MR) is 125 cm³/mol. The van der Waals surface area contributed by atoms with Crippen LogP contribution in [0.15, 0.2) is 54.6 Å². The van der Waals surface area contributed by atoms with Gasteiger partial charge in [-0.2, -0.15) is 0 Å². The van der Waals surface area contributed by atoms with Crippen molar-refractivity contribution in [2.24, 2.45) is 0 Å². The SMILES string of the molecule is COc1ccc(C(c2c(NC(=O)c3ccccc3)sc(C)c2C)N2CCOCC2)cc1. The summed E-state index contributed by atoms with van der Waals surface area (Å²) in [5.41, 5.74) is 4.22. The Labute approximate surface area is 187 Å². The van der Waals surface area contributed by atoms with Gasteiger partial charge >= 0.3 is 0 Å². The maximum atomic E-state index is 13.0. The highest BCUT2D eigenvalue weighted by Crippen LogP contribution is 2.42. The second-order valence-electron chi connectivity index (χ2n) is 7.67. The summed E-state index contributed by atoms with van der Waals surface area (Å²) in [4.78, 5) is 16.6. The summed E-state index contributed by atoms with van der Waals surface area (Å²) in [7, 11) is 1.68. The smallest absolute Gasteiger partial charge is 0.256 e. The van der Waals surface area contributed by atoms with E-state index < -0.39 is 0 Å². The first-order valence-electron chi connectivity index (χ1n) is 10.5. The predicted octanol–water partition coefficient (Wildman–Crippen LogP) is 5.05. The molecular weight excluding hydrogens is 408 g/mol. The lowest BCUT2D eigenvalue weighted by molar-refractivity contribution is 0.0240. The number of carbonyl (C=O) groups is 1. The zero-order valence-electron chi connectivity index (χ0n) is 18.2. The second-order valence-corrected chi connectivity index (χ2v) is 8.89. The molecule has 0 bridgehead atoms. The fourth-order valence-corrected chi connectivity index (χ4v) is 5.10. The second kappa shape index (κ2) is 9.64. The molecular formula is C25H28N2O3S. The lowest BCUT2D eigenvalue weighted by Gasteiger charge is -2.35. The number of hydrogen-bond acceptors (Lipinski definition) is 5. The van der Waals surface area contributed by atoms with Crippen molar-refractivity contribution in [3.63, 3.8) is 0 Å². The molecule has 0 spiro atoms. The number of nitrogens with one attached hydrogen (secondary N) is 1. The molecule has 1 fully saturated rings. The van der Waals surface area contributed by atoms with E-state index >= 15 is 0 Å². The van der Waals surface area contributed by atoms with Crippen molar-refractivity contribution in [1.29, 1.82) is 0 Å². The number of hydrogen-bond donors (Lipinski definition) is 1. The molecule has 2 heterocycles. The summed E-state index contributed by atoms with van der Waals surface area (Å²) < 4.78 is 11.0. The minimum atomic E-state index is -0.0847. The molecule has 1 atom stereocenters. The Balaban J connectivity index is 1.75. The number of rotatable bonds is 6. The van der Waals surface area contributed by atoms with E-state index in [9.17, 15) is 4.79 Å².